The monoisotopic (exact) mass is 656 g/mol. The first-order valence-corrected chi connectivity index (χ1v) is 15.2. The lowest BCUT2D eigenvalue weighted by Gasteiger charge is -2.27. The van der Waals surface area contributed by atoms with E-state index in [0.29, 0.717) is 22.3 Å². The third kappa shape index (κ3) is 11.8. The fourth-order valence-electron chi connectivity index (χ4n) is 4.77. The Morgan fingerprint density at radius 3 is 2.17 bits per heavy atom. The molecule has 2 aromatic rings. The Morgan fingerprint density at radius 2 is 1.53 bits per heavy atom. The van der Waals surface area contributed by atoms with Gasteiger partial charge in [0.15, 0.2) is 0 Å². The van der Waals surface area contributed by atoms with Gasteiger partial charge in [0.05, 0.1) is 6.10 Å². The molecule has 256 valence electrons. The molecule has 4 atom stereocenters. The molecule has 14 heteroatoms. The number of alkyl carbamates (subject to hydrolysis) is 2. The van der Waals surface area contributed by atoms with E-state index in [1.165, 1.54) is 6.07 Å². The van der Waals surface area contributed by atoms with Gasteiger partial charge in [-0.15, -0.1) is 0 Å². The number of phenolic OH excluding ortho intramolecular Hbond substituents is 1. The fraction of sp³-hybridized carbons (Fsp3) is 0.485. The highest BCUT2D eigenvalue weighted by Crippen LogP contribution is 2.28. The number of ether oxygens (including phenoxy) is 2. The van der Waals surface area contributed by atoms with E-state index in [9.17, 15) is 39.3 Å². The Morgan fingerprint density at radius 1 is 0.894 bits per heavy atom. The summed E-state index contributed by atoms with van der Waals surface area (Å²) in [7, 11) is 0. The molecule has 4 amide bonds. The number of aromatic hydroxyl groups is 1. The van der Waals surface area contributed by atoms with Crippen molar-refractivity contribution < 1.29 is 48.8 Å². The molecule has 0 saturated carbocycles. The number of carboxylic acids is 1. The highest BCUT2D eigenvalue weighted by Gasteiger charge is 2.33. The Balaban J connectivity index is 2.01. The van der Waals surface area contributed by atoms with Crippen molar-refractivity contribution in [2.24, 2.45) is 0 Å². The quantitative estimate of drug-likeness (QED) is 0.241. The van der Waals surface area contributed by atoms with Crippen molar-refractivity contribution in [3.05, 3.63) is 53.6 Å². The molecule has 0 saturated heterocycles. The van der Waals surface area contributed by atoms with Crippen molar-refractivity contribution in [1.29, 1.82) is 0 Å². The zero-order chi connectivity index (χ0) is 35.1. The molecule has 1 aliphatic heterocycles. The number of phenols is 1. The Bertz CT molecular complexity index is 1480. The summed E-state index contributed by atoms with van der Waals surface area (Å²) in [6, 6.07) is 7.41. The second-order valence-electron chi connectivity index (χ2n) is 13.4. The number of aliphatic hydroxyl groups is 1. The van der Waals surface area contributed by atoms with E-state index in [1.807, 2.05) is 0 Å². The standard InChI is InChI=1S/C33H44N4O10/c1-32(2,3)46-30(44)34-17-22(38)16-24-28(41)36-25(29(42)43)13-18-8-7-9-19(12-18)20-10-11-26(39)21(14-20)15-23(27(40)35-24)37-31(45)47-33(4,5)6/h7-12,14,22-25,38-39H,13,15-17H2,1-6H3,(H,34,44)(H,35,40)(H,36,41)(H,37,45)(H,42,43)/t22-,23+,24+,25+/m1/s1. The smallest absolute Gasteiger partial charge is 0.408 e. The van der Waals surface area contributed by atoms with Crippen LogP contribution in [0.15, 0.2) is 42.5 Å². The number of aliphatic carboxylic acids is 1. The van der Waals surface area contributed by atoms with Crippen LogP contribution in [0.3, 0.4) is 0 Å². The van der Waals surface area contributed by atoms with E-state index < -0.39 is 71.8 Å². The molecule has 2 aromatic carbocycles. The molecule has 14 nitrogen and oxygen atoms in total. The normalized spacial score (nSPS) is 19.5. The second-order valence-corrected chi connectivity index (χ2v) is 13.4. The zero-order valence-corrected chi connectivity index (χ0v) is 27.4. The number of benzene rings is 2. The van der Waals surface area contributed by atoms with Crippen LogP contribution in [0.2, 0.25) is 0 Å². The fourth-order valence-corrected chi connectivity index (χ4v) is 4.77. The second kappa shape index (κ2) is 15.2. The number of hydrogen-bond acceptors (Lipinski definition) is 9. The van der Waals surface area contributed by atoms with Crippen molar-refractivity contribution in [3.8, 4) is 16.9 Å². The lowest BCUT2D eigenvalue weighted by Crippen LogP contribution is -2.57. The zero-order valence-electron chi connectivity index (χ0n) is 27.4. The van der Waals surface area contributed by atoms with Gasteiger partial charge in [0, 0.05) is 25.8 Å². The van der Waals surface area contributed by atoms with Crippen LogP contribution in [0.4, 0.5) is 9.59 Å². The molecule has 0 radical (unpaired) electrons. The average molecular weight is 657 g/mol. The molecule has 0 spiro atoms. The van der Waals surface area contributed by atoms with Gasteiger partial charge in [-0.05, 0) is 75.9 Å². The van der Waals surface area contributed by atoms with Gasteiger partial charge in [-0.3, -0.25) is 9.59 Å². The van der Waals surface area contributed by atoms with Gasteiger partial charge in [0.25, 0.3) is 0 Å². The summed E-state index contributed by atoms with van der Waals surface area (Å²) in [6.07, 6.45) is -3.92. The number of amides is 4. The third-order valence-corrected chi connectivity index (χ3v) is 6.85. The van der Waals surface area contributed by atoms with Gasteiger partial charge in [0.2, 0.25) is 11.8 Å². The highest BCUT2D eigenvalue weighted by molar-refractivity contribution is 5.93. The van der Waals surface area contributed by atoms with Gasteiger partial charge >= 0.3 is 18.2 Å². The summed E-state index contributed by atoms with van der Waals surface area (Å²) in [6.45, 7) is 9.53. The molecule has 7 N–H and O–H groups in total. The molecule has 0 aromatic heterocycles. The maximum Gasteiger partial charge on any atom is 0.408 e. The van der Waals surface area contributed by atoms with E-state index in [0.717, 1.165) is 0 Å². The Labute approximate surface area is 273 Å². The molecular formula is C33H44N4O10. The summed E-state index contributed by atoms with van der Waals surface area (Å²) in [5.74, 6) is -3.29. The van der Waals surface area contributed by atoms with E-state index in [1.54, 1.807) is 77.9 Å². The number of nitrogens with one attached hydrogen (secondary N) is 4. The number of carbonyl (C=O) groups is 5. The predicted molar refractivity (Wildman–Crippen MR) is 170 cm³/mol. The number of rotatable bonds is 6. The van der Waals surface area contributed by atoms with Crippen LogP contribution >= 0.6 is 0 Å². The van der Waals surface area contributed by atoms with Gasteiger partial charge < -0.3 is 46.1 Å². The maximum atomic E-state index is 13.8. The van der Waals surface area contributed by atoms with E-state index >= 15 is 0 Å². The molecule has 4 bridgehead atoms. The molecule has 1 heterocycles. The van der Waals surface area contributed by atoms with Crippen LogP contribution in [-0.2, 0) is 36.7 Å². The van der Waals surface area contributed by atoms with Crippen LogP contribution in [0.25, 0.3) is 11.1 Å². The summed E-state index contributed by atoms with van der Waals surface area (Å²) in [5.41, 5.74) is 0.514. The van der Waals surface area contributed by atoms with Crippen LogP contribution in [-0.4, -0.2) is 87.3 Å². The minimum atomic E-state index is -1.51. The minimum Gasteiger partial charge on any atom is -0.508 e. The molecule has 3 rings (SSSR count). The summed E-state index contributed by atoms with van der Waals surface area (Å²) < 4.78 is 10.5. The van der Waals surface area contributed by atoms with Crippen molar-refractivity contribution in [2.45, 2.75) is 96.2 Å². The van der Waals surface area contributed by atoms with Crippen LogP contribution in [0, 0.1) is 0 Å². The van der Waals surface area contributed by atoms with Gasteiger partial charge in [-0.1, -0.05) is 30.3 Å². The van der Waals surface area contributed by atoms with Crippen LogP contribution in [0.1, 0.15) is 59.1 Å². The van der Waals surface area contributed by atoms with Gasteiger partial charge in [0.1, 0.15) is 35.1 Å². The first-order valence-electron chi connectivity index (χ1n) is 15.2. The molecule has 0 unspecified atom stereocenters. The molecular weight excluding hydrogens is 612 g/mol. The molecule has 1 aliphatic rings. The summed E-state index contributed by atoms with van der Waals surface area (Å²) in [4.78, 5) is 64.5. The predicted octanol–water partition coefficient (Wildman–Crippen LogP) is 2.38. The SMILES string of the molecule is CC(C)(C)OC(=O)NC[C@H](O)C[C@@H]1NC(=O)[C@@H](NC(=O)OC(C)(C)C)Cc2cc(ccc2O)-c2cccc(c2)C[C@@H](C(=O)O)NC1=O. The van der Waals surface area contributed by atoms with E-state index in [-0.39, 0.29) is 25.1 Å². The lowest BCUT2D eigenvalue weighted by molar-refractivity contribution is -0.142. The number of hydrogen-bond donors (Lipinski definition) is 7. The van der Waals surface area contributed by atoms with Crippen LogP contribution in [0.5, 0.6) is 5.75 Å². The maximum absolute atomic E-state index is 13.8. The Hall–Kier alpha value is -4.85. The number of carbonyl (C=O) groups excluding carboxylic acids is 4. The number of fused-ring (bicyclic) bond motifs is 5. The van der Waals surface area contributed by atoms with E-state index in [2.05, 4.69) is 21.3 Å². The van der Waals surface area contributed by atoms with Crippen LogP contribution < -0.4 is 21.3 Å². The van der Waals surface area contributed by atoms with Gasteiger partial charge in [-0.2, -0.15) is 0 Å². The largest absolute Gasteiger partial charge is 0.508 e. The third-order valence-electron chi connectivity index (χ3n) is 6.85. The van der Waals surface area contributed by atoms with Crippen molar-refractivity contribution in [1.82, 2.24) is 21.3 Å². The Kier molecular flexibility index (Phi) is 11.8. The first kappa shape index (κ1) is 36.6. The lowest BCUT2D eigenvalue weighted by atomic mass is 9.96. The van der Waals surface area contributed by atoms with Crippen molar-refractivity contribution in [3.63, 3.8) is 0 Å². The highest BCUT2D eigenvalue weighted by atomic mass is 16.6. The number of carboxylic acid groups (broad SMARTS) is 1. The summed E-state index contributed by atoms with van der Waals surface area (Å²) in [5, 5.41) is 41.3. The molecule has 0 fully saturated rings. The number of aliphatic hydroxyl groups excluding tert-OH is 1. The average Bonchev–Trinajstić information content (AvgIpc) is 2.94. The van der Waals surface area contributed by atoms with Gasteiger partial charge in [-0.25, -0.2) is 14.4 Å². The first-order chi connectivity index (χ1) is 21.8. The van der Waals surface area contributed by atoms with Crippen molar-refractivity contribution in [2.75, 3.05) is 6.54 Å². The molecule has 0 aliphatic carbocycles. The topological polar surface area (TPSA) is 213 Å². The van der Waals surface area contributed by atoms with E-state index in [4.69, 9.17) is 9.47 Å². The van der Waals surface area contributed by atoms with Crippen molar-refractivity contribution >= 4 is 30.0 Å². The summed E-state index contributed by atoms with van der Waals surface area (Å²) >= 11 is 0. The minimum absolute atomic E-state index is 0.105. The molecule has 47 heavy (non-hydrogen) atoms.